The number of rotatable bonds is 7. The maximum Gasteiger partial charge on any atom is 0.279 e. The number of aliphatic hydroxyl groups is 1. The highest BCUT2D eigenvalue weighted by molar-refractivity contribution is 6.72. The van der Waals surface area contributed by atoms with Crippen molar-refractivity contribution in [2.24, 2.45) is 5.92 Å². The summed E-state index contributed by atoms with van der Waals surface area (Å²) in [6, 6.07) is 20.3. The topological polar surface area (TPSA) is 96.8 Å². The molecule has 0 aliphatic carbocycles. The van der Waals surface area contributed by atoms with Gasteiger partial charge in [0.25, 0.3) is 11.5 Å². The lowest BCUT2D eigenvalue weighted by molar-refractivity contribution is -0.146. The lowest BCUT2D eigenvalue weighted by atomic mass is 9.82. The van der Waals surface area contributed by atoms with E-state index in [1.165, 1.54) is 4.68 Å². The van der Waals surface area contributed by atoms with E-state index in [0.717, 1.165) is 11.1 Å². The van der Waals surface area contributed by atoms with E-state index in [1.54, 1.807) is 37.2 Å². The van der Waals surface area contributed by atoms with E-state index in [4.69, 9.17) is 9.47 Å². The molecule has 6 rings (SSSR count). The predicted octanol–water partition coefficient (Wildman–Crippen LogP) is 5.03. The number of ether oxygens (including phenoxy) is 2. The normalized spacial score (nSPS) is 24.0. The van der Waals surface area contributed by atoms with Gasteiger partial charge in [0.1, 0.15) is 5.75 Å². The van der Waals surface area contributed by atoms with Crippen LogP contribution in [0.15, 0.2) is 71.5 Å². The second-order valence-electron chi connectivity index (χ2n) is 11.5. The number of carbonyl (C=O) groups is 1. The number of benzene rings is 3. The van der Waals surface area contributed by atoms with Gasteiger partial charge in [-0.05, 0) is 67.5 Å². The van der Waals surface area contributed by atoms with Crippen molar-refractivity contribution in [2.45, 2.75) is 50.2 Å². The molecule has 41 heavy (non-hydrogen) atoms. The minimum absolute atomic E-state index is 0.133. The number of hydrogen-bond donors (Lipinski definition) is 2. The third kappa shape index (κ3) is 4.24. The summed E-state index contributed by atoms with van der Waals surface area (Å²) in [5.74, 6) is -0.0983. The van der Waals surface area contributed by atoms with Crippen LogP contribution in [0.3, 0.4) is 0 Å². The molecular formula is C31H34FN3O5Si. The summed E-state index contributed by atoms with van der Waals surface area (Å²) in [5, 5.41) is 13.5. The molecule has 1 aromatic heterocycles. The fraction of sp³-hybridized carbons (Fsp3) is 0.355. The smallest absolute Gasteiger partial charge is 0.279 e. The summed E-state index contributed by atoms with van der Waals surface area (Å²) in [4.78, 5) is 29.0. The van der Waals surface area contributed by atoms with Crippen LogP contribution in [0.25, 0.3) is 16.6 Å². The first-order valence-electron chi connectivity index (χ1n) is 13.9. The van der Waals surface area contributed by atoms with Gasteiger partial charge in [-0.1, -0.05) is 31.2 Å². The van der Waals surface area contributed by atoms with Gasteiger partial charge in [0, 0.05) is 23.6 Å². The number of nitrogens with one attached hydrogen (secondary N) is 1. The van der Waals surface area contributed by atoms with Crippen LogP contribution >= 0.6 is 0 Å². The summed E-state index contributed by atoms with van der Waals surface area (Å²) in [7, 11) is -1.71. The Labute approximate surface area is 238 Å². The number of para-hydroxylation sites is 1. The molecule has 4 aromatic rings. The van der Waals surface area contributed by atoms with Gasteiger partial charge in [-0.3, -0.25) is 14.7 Å². The van der Waals surface area contributed by atoms with Crippen molar-refractivity contribution in [3.8, 4) is 11.4 Å². The van der Waals surface area contributed by atoms with Crippen LogP contribution in [0.4, 0.5) is 9.80 Å². The number of anilines is 1. The fourth-order valence-electron chi connectivity index (χ4n) is 6.88. The Hall–Kier alpha value is -3.73. The predicted molar refractivity (Wildman–Crippen MR) is 158 cm³/mol. The van der Waals surface area contributed by atoms with Crippen molar-refractivity contribution in [1.29, 1.82) is 0 Å². The third-order valence-corrected chi connectivity index (χ3v) is 11.2. The monoisotopic (exact) mass is 575 g/mol. The zero-order valence-corrected chi connectivity index (χ0v) is 24.6. The second-order valence-corrected chi connectivity index (χ2v) is 15.3. The van der Waals surface area contributed by atoms with E-state index in [1.807, 2.05) is 61.5 Å². The number of aromatic amines is 1. The molecule has 214 valence electrons. The van der Waals surface area contributed by atoms with E-state index in [0.29, 0.717) is 28.1 Å². The summed E-state index contributed by atoms with van der Waals surface area (Å²) in [6.45, 7) is 5.30. The van der Waals surface area contributed by atoms with Gasteiger partial charge in [-0.25, -0.2) is 4.68 Å². The van der Waals surface area contributed by atoms with Gasteiger partial charge in [0.15, 0.2) is 5.60 Å². The van der Waals surface area contributed by atoms with Gasteiger partial charge in [0.2, 0.25) is 8.41 Å². The highest BCUT2D eigenvalue weighted by Gasteiger charge is 2.66. The first-order chi connectivity index (χ1) is 19.6. The van der Waals surface area contributed by atoms with Gasteiger partial charge >= 0.3 is 0 Å². The molecule has 3 heterocycles. The molecule has 0 unspecified atom stereocenters. The molecule has 2 aliphatic heterocycles. The molecule has 1 fully saturated rings. The van der Waals surface area contributed by atoms with Crippen molar-refractivity contribution in [3.05, 3.63) is 88.2 Å². The van der Waals surface area contributed by atoms with Crippen molar-refractivity contribution in [3.63, 3.8) is 0 Å². The highest BCUT2D eigenvalue weighted by Crippen LogP contribution is 2.60. The van der Waals surface area contributed by atoms with Crippen LogP contribution in [-0.4, -0.2) is 49.0 Å². The number of carbonyl (C=O) groups excluding carboxylic acids is 1. The standard InChI is InChI=1S/C31H34FN3O5Si/c1-19-28(41(3,4)32)27(15-16-36)40-31(19)24-17-22(39-2)13-14-26(24)34(30(31)38)18-20-9-11-21(12-10-20)35-29(37)23-7-5-6-8-25(23)33-35/h5-14,17,19,27-28,33,36H,15-16,18H2,1-4H3/t19-,27+,28-,31+/m0/s1. The number of hydrogen-bond acceptors (Lipinski definition) is 5. The van der Waals surface area contributed by atoms with Crippen molar-refractivity contribution >= 4 is 30.9 Å². The molecule has 1 amide bonds. The highest BCUT2D eigenvalue weighted by atomic mass is 28.4. The Morgan fingerprint density at radius 2 is 1.83 bits per heavy atom. The number of methoxy groups -OCH3 is 1. The van der Waals surface area contributed by atoms with E-state index in [2.05, 4.69) is 5.10 Å². The number of aromatic nitrogens is 2. The van der Waals surface area contributed by atoms with Crippen LogP contribution in [0.5, 0.6) is 5.75 Å². The Balaban J connectivity index is 1.37. The molecular weight excluding hydrogens is 541 g/mol. The summed E-state index contributed by atoms with van der Waals surface area (Å²) >= 11 is 0. The second kappa shape index (κ2) is 9.97. The quantitative estimate of drug-likeness (QED) is 0.238. The number of amides is 1. The fourth-order valence-corrected chi connectivity index (χ4v) is 9.42. The van der Waals surface area contributed by atoms with Gasteiger partial charge in [0.05, 0.1) is 42.0 Å². The van der Waals surface area contributed by atoms with E-state index in [-0.39, 0.29) is 31.0 Å². The van der Waals surface area contributed by atoms with Gasteiger partial charge in [-0.15, -0.1) is 0 Å². The first-order valence-corrected chi connectivity index (χ1v) is 16.8. The zero-order chi connectivity index (χ0) is 29.1. The maximum atomic E-state index is 15.7. The number of fused-ring (bicyclic) bond motifs is 3. The molecule has 3 aromatic carbocycles. The van der Waals surface area contributed by atoms with Gasteiger partial charge < -0.3 is 23.6 Å². The van der Waals surface area contributed by atoms with Crippen molar-refractivity contribution in [2.75, 3.05) is 18.6 Å². The molecule has 2 N–H and O–H groups in total. The van der Waals surface area contributed by atoms with Crippen LogP contribution in [-0.2, 0) is 21.7 Å². The molecule has 0 bridgehead atoms. The lowest BCUT2D eigenvalue weighted by Crippen LogP contribution is -2.45. The number of nitrogens with zero attached hydrogens (tertiary/aromatic N) is 2. The molecule has 8 nitrogen and oxygen atoms in total. The summed E-state index contributed by atoms with van der Waals surface area (Å²) in [5.41, 5.74) is 1.69. The van der Waals surface area contributed by atoms with Crippen LogP contribution in [0.2, 0.25) is 18.6 Å². The van der Waals surface area contributed by atoms with Crippen LogP contribution in [0.1, 0.15) is 24.5 Å². The largest absolute Gasteiger partial charge is 0.497 e. The Kier molecular flexibility index (Phi) is 6.67. The maximum absolute atomic E-state index is 15.7. The van der Waals surface area contributed by atoms with Gasteiger partial charge in [-0.2, -0.15) is 0 Å². The van der Waals surface area contributed by atoms with E-state index >= 15 is 4.11 Å². The van der Waals surface area contributed by atoms with E-state index in [9.17, 15) is 14.7 Å². The number of halogens is 1. The zero-order valence-electron chi connectivity index (χ0n) is 23.6. The molecule has 10 heteroatoms. The Bertz CT molecular complexity index is 1680. The number of aliphatic hydroxyl groups excluding tert-OH is 1. The molecule has 1 saturated heterocycles. The molecule has 0 saturated carbocycles. The van der Waals surface area contributed by atoms with Crippen LogP contribution < -0.4 is 15.2 Å². The van der Waals surface area contributed by atoms with Crippen LogP contribution in [0, 0.1) is 5.92 Å². The number of H-pyrrole nitrogens is 1. The molecule has 0 radical (unpaired) electrons. The Morgan fingerprint density at radius 1 is 1.10 bits per heavy atom. The third-order valence-electron chi connectivity index (χ3n) is 8.71. The average Bonchev–Trinajstić information content (AvgIpc) is 3.53. The van der Waals surface area contributed by atoms with E-state index < -0.39 is 31.6 Å². The van der Waals surface area contributed by atoms with Crippen molar-refractivity contribution in [1.82, 2.24) is 9.78 Å². The summed E-state index contributed by atoms with van der Waals surface area (Å²) in [6.07, 6.45) is -0.309. The minimum Gasteiger partial charge on any atom is -0.497 e. The molecule has 4 atom stereocenters. The average molecular weight is 576 g/mol. The SMILES string of the molecule is COc1ccc2c(c1)[C@@]1(O[C@H](CCO)[C@@H]([Si](C)(C)F)[C@@H]1C)C(=O)N2Cc1ccc(-n2[nH]c3ccccc3c2=O)cc1. The molecule has 1 spiro atoms. The first kappa shape index (κ1) is 27.4. The van der Waals surface area contributed by atoms with Crippen molar-refractivity contribution < 1.29 is 23.5 Å². The minimum atomic E-state index is -3.27. The summed E-state index contributed by atoms with van der Waals surface area (Å²) < 4.78 is 29.3. The lowest BCUT2D eigenvalue weighted by Gasteiger charge is -2.31. The molecule has 2 aliphatic rings. The Morgan fingerprint density at radius 3 is 2.49 bits per heavy atom.